The monoisotopic (exact) mass is 252 g/mol. The zero-order chi connectivity index (χ0) is 13.2. The van der Waals surface area contributed by atoms with Crippen molar-refractivity contribution in [3.63, 3.8) is 0 Å². The molecular formula is C15H16N4. The lowest BCUT2D eigenvalue weighted by Crippen LogP contribution is -2.36. The van der Waals surface area contributed by atoms with Crippen molar-refractivity contribution in [3.05, 3.63) is 53.6 Å². The second-order valence-corrected chi connectivity index (χ2v) is 4.55. The summed E-state index contributed by atoms with van der Waals surface area (Å²) in [7, 11) is 1.69. The van der Waals surface area contributed by atoms with Crippen LogP contribution in [0.1, 0.15) is 11.1 Å². The highest BCUT2D eigenvalue weighted by molar-refractivity contribution is 5.94. The van der Waals surface area contributed by atoms with Crippen LogP contribution in [0.2, 0.25) is 0 Å². The van der Waals surface area contributed by atoms with Crippen LogP contribution in [0.4, 0.5) is 5.69 Å². The first-order valence-electron chi connectivity index (χ1n) is 6.23. The van der Waals surface area contributed by atoms with Gasteiger partial charge in [0.1, 0.15) is 0 Å². The molecule has 0 bridgehead atoms. The van der Waals surface area contributed by atoms with E-state index in [1.54, 1.807) is 7.05 Å². The van der Waals surface area contributed by atoms with E-state index >= 15 is 0 Å². The maximum absolute atomic E-state index is 5.37. The van der Waals surface area contributed by atoms with E-state index in [4.69, 9.17) is 5.84 Å². The van der Waals surface area contributed by atoms with E-state index < -0.39 is 0 Å². The Morgan fingerprint density at radius 2 is 1.89 bits per heavy atom. The van der Waals surface area contributed by atoms with E-state index in [1.807, 2.05) is 6.07 Å². The van der Waals surface area contributed by atoms with Crippen LogP contribution < -0.4 is 16.6 Å². The number of guanidine groups is 1. The third kappa shape index (κ3) is 2.06. The van der Waals surface area contributed by atoms with Gasteiger partial charge < -0.3 is 5.32 Å². The van der Waals surface area contributed by atoms with Gasteiger partial charge in [-0.2, -0.15) is 0 Å². The molecule has 0 fully saturated rings. The smallest absolute Gasteiger partial charge is 0.209 e. The summed E-state index contributed by atoms with van der Waals surface area (Å²) in [4.78, 5) is 4.00. The fourth-order valence-electron chi connectivity index (χ4n) is 2.52. The summed E-state index contributed by atoms with van der Waals surface area (Å²) < 4.78 is 0. The number of nitrogens with one attached hydrogen (secondary N) is 2. The molecule has 2 aromatic carbocycles. The van der Waals surface area contributed by atoms with E-state index in [-0.39, 0.29) is 0 Å². The SMILES string of the molecule is CN=C(NN)Nc1ccc2c(c1)Cc1ccccc1-2. The van der Waals surface area contributed by atoms with Crippen molar-refractivity contribution in [2.75, 3.05) is 12.4 Å². The number of aliphatic imine (C=N–C) groups is 1. The quantitative estimate of drug-likeness (QED) is 0.269. The highest BCUT2D eigenvalue weighted by Gasteiger charge is 2.17. The molecule has 4 N–H and O–H groups in total. The van der Waals surface area contributed by atoms with Crippen molar-refractivity contribution in [2.24, 2.45) is 10.8 Å². The summed E-state index contributed by atoms with van der Waals surface area (Å²) in [5, 5.41) is 3.15. The molecule has 3 rings (SSSR count). The zero-order valence-electron chi connectivity index (χ0n) is 10.8. The second-order valence-electron chi connectivity index (χ2n) is 4.55. The van der Waals surface area contributed by atoms with Crippen molar-refractivity contribution in [3.8, 4) is 11.1 Å². The molecule has 0 radical (unpaired) electrons. The van der Waals surface area contributed by atoms with Gasteiger partial charge in [0.2, 0.25) is 5.96 Å². The van der Waals surface area contributed by atoms with Crippen molar-refractivity contribution >= 4 is 11.6 Å². The molecule has 4 heteroatoms. The van der Waals surface area contributed by atoms with Crippen LogP contribution in [-0.2, 0) is 6.42 Å². The van der Waals surface area contributed by atoms with Gasteiger partial charge >= 0.3 is 0 Å². The van der Waals surface area contributed by atoms with Crippen LogP contribution in [0.5, 0.6) is 0 Å². The average Bonchev–Trinajstić information content (AvgIpc) is 2.82. The molecule has 19 heavy (non-hydrogen) atoms. The van der Waals surface area contributed by atoms with Crippen molar-refractivity contribution < 1.29 is 0 Å². The van der Waals surface area contributed by atoms with Crippen LogP contribution in [0.3, 0.4) is 0 Å². The molecule has 0 saturated heterocycles. The maximum atomic E-state index is 5.37. The Kier molecular flexibility index (Phi) is 2.93. The minimum Gasteiger partial charge on any atom is -0.325 e. The van der Waals surface area contributed by atoms with E-state index in [2.05, 4.69) is 52.1 Å². The number of fused-ring (bicyclic) bond motifs is 3. The van der Waals surface area contributed by atoms with Gasteiger partial charge in [-0.3, -0.25) is 10.4 Å². The largest absolute Gasteiger partial charge is 0.325 e. The summed E-state index contributed by atoms with van der Waals surface area (Å²) in [6, 6.07) is 14.9. The lowest BCUT2D eigenvalue weighted by molar-refractivity contribution is 1.01. The predicted octanol–water partition coefficient (Wildman–Crippen LogP) is 2.12. The Hall–Kier alpha value is -2.33. The predicted molar refractivity (Wildman–Crippen MR) is 79.0 cm³/mol. The summed E-state index contributed by atoms with van der Waals surface area (Å²) in [5.41, 5.74) is 8.89. The molecule has 2 aromatic rings. The fourth-order valence-corrected chi connectivity index (χ4v) is 2.52. The van der Waals surface area contributed by atoms with Gasteiger partial charge in [0.05, 0.1) is 0 Å². The average molecular weight is 252 g/mol. The van der Waals surface area contributed by atoms with Crippen LogP contribution >= 0.6 is 0 Å². The maximum Gasteiger partial charge on any atom is 0.209 e. The number of nitrogens with two attached hydrogens (primary N) is 1. The van der Waals surface area contributed by atoms with Crippen molar-refractivity contribution in [1.82, 2.24) is 5.43 Å². The Balaban J connectivity index is 1.93. The molecule has 0 heterocycles. The third-order valence-corrected chi connectivity index (χ3v) is 3.42. The van der Waals surface area contributed by atoms with Gasteiger partial charge in [-0.25, -0.2) is 5.84 Å². The molecule has 4 nitrogen and oxygen atoms in total. The number of benzene rings is 2. The molecule has 0 saturated carbocycles. The van der Waals surface area contributed by atoms with Gasteiger partial charge in [-0.1, -0.05) is 30.3 Å². The minimum absolute atomic E-state index is 0.551. The van der Waals surface area contributed by atoms with Gasteiger partial charge in [0, 0.05) is 12.7 Å². The van der Waals surface area contributed by atoms with Crippen LogP contribution in [0.15, 0.2) is 47.5 Å². The molecule has 0 unspecified atom stereocenters. The van der Waals surface area contributed by atoms with Crippen LogP contribution in [0, 0.1) is 0 Å². The van der Waals surface area contributed by atoms with Gasteiger partial charge in [0.15, 0.2) is 0 Å². The molecule has 0 aromatic heterocycles. The third-order valence-electron chi connectivity index (χ3n) is 3.42. The molecule has 96 valence electrons. The van der Waals surface area contributed by atoms with Crippen molar-refractivity contribution in [2.45, 2.75) is 6.42 Å². The molecule has 1 aliphatic carbocycles. The van der Waals surface area contributed by atoms with E-state index in [9.17, 15) is 0 Å². The number of hydrogen-bond acceptors (Lipinski definition) is 2. The molecule has 0 spiro atoms. The first kappa shape index (κ1) is 11.7. The molecule has 0 aliphatic heterocycles. The van der Waals surface area contributed by atoms with Crippen LogP contribution in [0.25, 0.3) is 11.1 Å². The first-order valence-corrected chi connectivity index (χ1v) is 6.23. The zero-order valence-corrected chi connectivity index (χ0v) is 10.8. The highest BCUT2D eigenvalue weighted by atomic mass is 15.3. The lowest BCUT2D eigenvalue weighted by Gasteiger charge is -2.09. The van der Waals surface area contributed by atoms with E-state index in [1.165, 1.54) is 22.3 Å². The van der Waals surface area contributed by atoms with Gasteiger partial charge in [-0.15, -0.1) is 0 Å². The highest BCUT2D eigenvalue weighted by Crippen LogP contribution is 2.37. The second kappa shape index (κ2) is 4.74. The summed E-state index contributed by atoms with van der Waals surface area (Å²) in [5.74, 6) is 5.92. The number of rotatable bonds is 1. The van der Waals surface area contributed by atoms with Crippen molar-refractivity contribution in [1.29, 1.82) is 0 Å². The Bertz CT molecular complexity index is 646. The molecule has 0 amide bonds. The first-order chi connectivity index (χ1) is 9.31. The molecule has 0 atom stereocenters. The number of hydrogen-bond donors (Lipinski definition) is 3. The van der Waals surface area contributed by atoms with Gasteiger partial charge in [0.25, 0.3) is 0 Å². The Labute approximate surface area is 112 Å². The number of anilines is 1. The Morgan fingerprint density at radius 3 is 2.68 bits per heavy atom. The minimum atomic E-state index is 0.551. The van der Waals surface area contributed by atoms with Gasteiger partial charge in [-0.05, 0) is 40.8 Å². The number of hydrazine groups is 1. The lowest BCUT2D eigenvalue weighted by atomic mass is 10.1. The topological polar surface area (TPSA) is 62.4 Å². The summed E-state index contributed by atoms with van der Waals surface area (Å²) in [6.07, 6.45) is 0.982. The van der Waals surface area contributed by atoms with E-state index in [0.717, 1.165) is 12.1 Å². The van der Waals surface area contributed by atoms with E-state index in [0.29, 0.717) is 5.96 Å². The summed E-state index contributed by atoms with van der Waals surface area (Å²) in [6.45, 7) is 0. The van der Waals surface area contributed by atoms with Crippen LogP contribution in [-0.4, -0.2) is 13.0 Å². The molecular weight excluding hydrogens is 236 g/mol. The normalized spacial score (nSPS) is 12.8. The Morgan fingerprint density at radius 1 is 1.11 bits per heavy atom. The number of nitrogens with zero attached hydrogens (tertiary/aromatic N) is 1. The fraction of sp³-hybridized carbons (Fsp3) is 0.133. The molecule has 1 aliphatic rings. The summed E-state index contributed by atoms with van der Waals surface area (Å²) >= 11 is 0. The standard InChI is InChI=1S/C15H16N4/c1-17-15(19-16)18-12-6-7-14-11(9-12)8-10-4-2-3-5-13(10)14/h2-7,9H,8,16H2,1H3,(H2,17,18,19).